The SMILES string of the molecule is COc1ccc(C2CCN(CCC(=O)Nc3c(C(C)C)cccc3C(C)C)CC2)cc1. The van der Waals surface area contributed by atoms with Crippen molar-refractivity contribution >= 4 is 11.6 Å². The quantitative estimate of drug-likeness (QED) is 0.555. The highest BCUT2D eigenvalue weighted by Crippen LogP contribution is 2.33. The van der Waals surface area contributed by atoms with Gasteiger partial charge in [-0.3, -0.25) is 4.79 Å². The minimum atomic E-state index is 0.118. The summed E-state index contributed by atoms with van der Waals surface area (Å²) in [5.41, 5.74) is 4.86. The van der Waals surface area contributed by atoms with Gasteiger partial charge in [0.25, 0.3) is 0 Å². The summed E-state index contributed by atoms with van der Waals surface area (Å²) in [6.07, 6.45) is 2.82. The van der Waals surface area contributed by atoms with Crippen LogP contribution in [-0.2, 0) is 4.79 Å². The van der Waals surface area contributed by atoms with Crippen molar-refractivity contribution in [1.29, 1.82) is 0 Å². The molecule has 1 fully saturated rings. The van der Waals surface area contributed by atoms with E-state index in [1.807, 2.05) is 12.1 Å². The van der Waals surface area contributed by atoms with E-state index in [0.29, 0.717) is 24.2 Å². The van der Waals surface area contributed by atoms with Crippen molar-refractivity contribution in [3.05, 3.63) is 59.2 Å². The van der Waals surface area contributed by atoms with Crippen LogP contribution in [0.1, 0.15) is 81.4 Å². The first kappa shape index (κ1) is 23.3. The molecule has 2 aromatic carbocycles. The number of nitrogens with zero attached hydrogens (tertiary/aromatic N) is 1. The van der Waals surface area contributed by atoms with Gasteiger partial charge in [0.15, 0.2) is 0 Å². The van der Waals surface area contributed by atoms with Gasteiger partial charge in [-0.15, -0.1) is 0 Å². The molecule has 0 saturated carbocycles. The molecule has 2 aromatic rings. The number of carbonyl (C=O) groups is 1. The first-order valence-corrected chi connectivity index (χ1v) is 11.7. The summed E-state index contributed by atoms with van der Waals surface area (Å²) in [7, 11) is 1.70. The van der Waals surface area contributed by atoms with Crippen LogP contribution in [-0.4, -0.2) is 37.6 Å². The maximum atomic E-state index is 12.8. The third-order valence-corrected chi connectivity index (χ3v) is 6.47. The number of para-hydroxylation sites is 1. The van der Waals surface area contributed by atoms with Gasteiger partial charge < -0.3 is 15.0 Å². The van der Waals surface area contributed by atoms with Crippen molar-refractivity contribution < 1.29 is 9.53 Å². The van der Waals surface area contributed by atoms with Crippen molar-refractivity contribution in [2.45, 2.75) is 64.7 Å². The number of carbonyl (C=O) groups excluding carboxylic acids is 1. The van der Waals surface area contributed by atoms with E-state index < -0.39 is 0 Å². The zero-order valence-electron chi connectivity index (χ0n) is 19.8. The Labute approximate surface area is 188 Å². The molecule has 0 bridgehead atoms. The van der Waals surface area contributed by atoms with Crippen LogP contribution in [0.3, 0.4) is 0 Å². The zero-order chi connectivity index (χ0) is 22.4. The molecular formula is C27H38N2O2. The summed E-state index contributed by atoms with van der Waals surface area (Å²) in [5.74, 6) is 2.39. The van der Waals surface area contributed by atoms with E-state index in [1.165, 1.54) is 16.7 Å². The van der Waals surface area contributed by atoms with Crippen LogP contribution in [0.25, 0.3) is 0 Å². The largest absolute Gasteiger partial charge is 0.497 e. The fraction of sp³-hybridized carbons (Fsp3) is 0.519. The minimum Gasteiger partial charge on any atom is -0.497 e. The number of amides is 1. The molecule has 0 aromatic heterocycles. The normalized spacial score (nSPS) is 15.5. The molecule has 1 aliphatic rings. The highest BCUT2D eigenvalue weighted by molar-refractivity contribution is 5.92. The molecule has 0 aliphatic carbocycles. The molecule has 0 unspecified atom stereocenters. The number of hydrogen-bond donors (Lipinski definition) is 1. The van der Waals surface area contributed by atoms with Crippen LogP contribution in [0.15, 0.2) is 42.5 Å². The second-order valence-electron chi connectivity index (χ2n) is 9.31. The average molecular weight is 423 g/mol. The molecule has 1 N–H and O–H groups in total. The number of benzene rings is 2. The predicted molar refractivity (Wildman–Crippen MR) is 129 cm³/mol. The topological polar surface area (TPSA) is 41.6 Å². The number of anilines is 1. The van der Waals surface area contributed by atoms with Crippen molar-refractivity contribution in [2.24, 2.45) is 0 Å². The molecule has 4 nitrogen and oxygen atoms in total. The van der Waals surface area contributed by atoms with Gasteiger partial charge in [-0.25, -0.2) is 0 Å². The Balaban J connectivity index is 1.52. The summed E-state index contributed by atoms with van der Waals surface area (Å²) >= 11 is 0. The van der Waals surface area contributed by atoms with Crippen LogP contribution >= 0.6 is 0 Å². The number of rotatable bonds is 8. The highest BCUT2D eigenvalue weighted by atomic mass is 16.5. The molecule has 1 heterocycles. The molecule has 1 aliphatic heterocycles. The van der Waals surface area contributed by atoms with Crippen LogP contribution < -0.4 is 10.1 Å². The van der Waals surface area contributed by atoms with Gasteiger partial charge in [-0.2, -0.15) is 0 Å². The second kappa shape index (κ2) is 10.8. The third kappa shape index (κ3) is 6.10. The van der Waals surface area contributed by atoms with Crippen LogP contribution in [0, 0.1) is 0 Å². The first-order chi connectivity index (χ1) is 14.9. The Hall–Kier alpha value is -2.33. The van der Waals surface area contributed by atoms with Gasteiger partial charge in [0.1, 0.15) is 5.75 Å². The number of ether oxygens (including phenoxy) is 1. The number of likely N-dealkylation sites (tertiary alicyclic amines) is 1. The lowest BCUT2D eigenvalue weighted by molar-refractivity contribution is -0.116. The van der Waals surface area contributed by atoms with Crippen molar-refractivity contribution in [2.75, 3.05) is 32.1 Å². The number of piperidine rings is 1. The maximum Gasteiger partial charge on any atom is 0.225 e. The Kier molecular flexibility index (Phi) is 8.14. The molecule has 1 saturated heterocycles. The Morgan fingerprint density at radius 3 is 2.10 bits per heavy atom. The Morgan fingerprint density at radius 1 is 1.00 bits per heavy atom. The molecule has 4 heteroatoms. The monoisotopic (exact) mass is 422 g/mol. The van der Waals surface area contributed by atoms with Gasteiger partial charge in [-0.1, -0.05) is 58.0 Å². The second-order valence-corrected chi connectivity index (χ2v) is 9.31. The molecule has 31 heavy (non-hydrogen) atoms. The fourth-order valence-corrected chi connectivity index (χ4v) is 4.52. The van der Waals surface area contributed by atoms with Crippen molar-refractivity contribution in [3.8, 4) is 5.75 Å². The molecular weight excluding hydrogens is 384 g/mol. The molecule has 0 spiro atoms. The molecule has 3 rings (SSSR count). The Bertz CT molecular complexity index is 824. The lowest BCUT2D eigenvalue weighted by atomic mass is 9.89. The number of hydrogen-bond acceptors (Lipinski definition) is 3. The molecule has 0 atom stereocenters. The Morgan fingerprint density at radius 2 is 1.58 bits per heavy atom. The summed E-state index contributed by atoms with van der Waals surface area (Å²) in [5, 5.41) is 3.25. The molecule has 0 radical (unpaired) electrons. The third-order valence-electron chi connectivity index (χ3n) is 6.47. The highest BCUT2D eigenvalue weighted by Gasteiger charge is 2.22. The van der Waals surface area contributed by atoms with E-state index in [0.717, 1.165) is 43.9 Å². The lowest BCUT2D eigenvalue weighted by Gasteiger charge is -2.32. The van der Waals surface area contributed by atoms with Gasteiger partial charge in [0, 0.05) is 18.7 Å². The van der Waals surface area contributed by atoms with Crippen LogP contribution in [0.4, 0.5) is 5.69 Å². The summed E-state index contributed by atoms with van der Waals surface area (Å²) < 4.78 is 5.27. The number of nitrogens with one attached hydrogen (secondary N) is 1. The summed E-state index contributed by atoms with van der Waals surface area (Å²) in [4.78, 5) is 15.2. The van der Waals surface area contributed by atoms with E-state index in [1.54, 1.807) is 7.11 Å². The van der Waals surface area contributed by atoms with Crippen LogP contribution in [0.2, 0.25) is 0 Å². The summed E-state index contributed by atoms with van der Waals surface area (Å²) in [6, 6.07) is 14.8. The van der Waals surface area contributed by atoms with Crippen molar-refractivity contribution in [3.63, 3.8) is 0 Å². The van der Waals surface area contributed by atoms with Gasteiger partial charge in [-0.05, 0) is 72.5 Å². The van der Waals surface area contributed by atoms with Gasteiger partial charge in [0.05, 0.1) is 7.11 Å². The zero-order valence-corrected chi connectivity index (χ0v) is 19.8. The van der Waals surface area contributed by atoms with E-state index in [2.05, 4.69) is 68.2 Å². The lowest BCUT2D eigenvalue weighted by Crippen LogP contribution is -2.35. The summed E-state index contributed by atoms with van der Waals surface area (Å²) in [6.45, 7) is 11.6. The first-order valence-electron chi connectivity index (χ1n) is 11.7. The average Bonchev–Trinajstić information content (AvgIpc) is 2.78. The predicted octanol–water partition coefficient (Wildman–Crippen LogP) is 6.15. The smallest absolute Gasteiger partial charge is 0.225 e. The molecule has 168 valence electrons. The van der Waals surface area contributed by atoms with E-state index in [9.17, 15) is 4.79 Å². The van der Waals surface area contributed by atoms with E-state index in [4.69, 9.17) is 4.74 Å². The standard InChI is InChI=1S/C27H38N2O2/c1-19(2)24-7-6-8-25(20(3)4)27(24)28-26(30)15-18-29-16-13-22(14-17-29)21-9-11-23(31-5)12-10-21/h6-12,19-20,22H,13-18H2,1-5H3,(H,28,30). The van der Waals surface area contributed by atoms with E-state index >= 15 is 0 Å². The number of methoxy groups -OCH3 is 1. The van der Waals surface area contributed by atoms with E-state index in [-0.39, 0.29) is 5.91 Å². The maximum absolute atomic E-state index is 12.8. The van der Waals surface area contributed by atoms with Gasteiger partial charge in [0.2, 0.25) is 5.91 Å². The van der Waals surface area contributed by atoms with Crippen molar-refractivity contribution in [1.82, 2.24) is 4.90 Å². The van der Waals surface area contributed by atoms with Crippen LogP contribution in [0.5, 0.6) is 5.75 Å². The molecule has 1 amide bonds. The van der Waals surface area contributed by atoms with Gasteiger partial charge >= 0.3 is 0 Å². The fourth-order valence-electron chi connectivity index (χ4n) is 4.52. The minimum absolute atomic E-state index is 0.118.